The van der Waals surface area contributed by atoms with E-state index in [1.54, 1.807) is 5.57 Å². The molecule has 5 rings (SSSR count). The van der Waals surface area contributed by atoms with Crippen LogP contribution in [-0.4, -0.2) is 35.6 Å². The van der Waals surface area contributed by atoms with Crippen LogP contribution in [-0.2, 0) is 4.74 Å². The van der Waals surface area contributed by atoms with E-state index < -0.39 is 0 Å². The molecule has 5 aliphatic rings. The van der Waals surface area contributed by atoms with Crippen molar-refractivity contribution in [2.24, 2.45) is 50.2 Å². The Morgan fingerprint density at radius 3 is 2.26 bits per heavy atom. The van der Waals surface area contributed by atoms with Gasteiger partial charge in [0.05, 0.1) is 18.8 Å². The fourth-order valence-electron chi connectivity index (χ4n) is 11.1. The minimum atomic E-state index is -0.379. The van der Waals surface area contributed by atoms with E-state index in [1.807, 2.05) is 0 Å². The first-order chi connectivity index (χ1) is 16.2. The van der Waals surface area contributed by atoms with Crippen molar-refractivity contribution in [3.05, 3.63) is 11.6 Å². The number of hydrogen-bond donors (Lipinski definition) is 2. The molecule has 0 aromatic heterocycles. The Morgan fingerprint density at radius 2 is 1.60 bits per heavy atom. The SMILES string of the molecule is CCO[C@@H]1CC(C)(C)C[C@H]2C3=CC[C@@H]4[C@@]5(C)CC[C@H](O)[C@](C)(CO)[C@@H]5CC[C@@]4(C)[C@]3(C)CC[C@@]12C. The minimum absolute atomic E-state index is 0.102. The van der Waals surface area contributed by atoms with Crippen molar-refractivity contribution in [2.45, 2.75) is 125 Å². The Morgan fingerprint density at radius 1 is 0.886 bits per heavy atom. The maximum absolute atomic E-state index is 11.0. The van der Waals surface area contributed by atoms with Gasteiger partial charge in [-0.2, -0.15) is 0 Å². The normalized spacial score (nSPS) is 55.1. The molecular weight excluding hydrogens is 432 g/mol. The van der Waals surface area contributed by atoms with Gasteiger partial charge in [0.15, 0.2) is 0 Å². The first-order valence-corrected chi connectivity index (χ1v) is 14.8. The Hall–Kier alpha value is -0.380. The van der Waals surface area contributed by atoms with E-state index in [0.717, 1.165) is 25.9 Å². The van der Waals surface area contributed by atoms with Gasteiger partial charge in [-0.15, -0.1) is 0 Å². The van der Waals surface area contributed by atoms with Gasteiger partial charge >= 0.3 is 0 Å². The highest BCUT2D eigenvalue weighted by atomic mass is 16.5. The van der Waals surface area contributed by atoms with Gasteiger partial charge in [-0.05, 0) is 104 Å². The predicted octanol–water partition coefficient (Wildman–Crippen LogP) is 7.16. The van der Waals surface area contributed by atoms with Gasteiger partial charge in [0.2, 0.25) is 0 Å². The van der Waals surface area contributed by atoms with Crippen LogP contribution in [0, 0.1) is 50.2 Å². The first kappa shape index (κ1) is 26.2. The molecule has 10 atom stereocenters. The van der Waals surface area contributed by atoms with Crippen molar-refractivity contribution in [3.63, 3.8) is 0 Å². The zero-order chi connectivity index (χ0) is 25.7. The van der Waals surface area contributed by atoms with Crippen LogP contribution in [0.3, 0.4) is 0 Å². The van der Waals surface area contributed by atoms with Gasteiger partial charge in [0, 0.05) is 17.4 Å². The lowest BCUT2D eigenvalue weighted by Crippen LogP contribution is -2.66. The van der Waals surface area contributed by atoms with Crippen molar-refractivity contribution in [1.82, 2.24) is 0 Å². The second kappa shape index (κ2) is 8.06. The molecule has 0 aliphatic heterocycles. The van der Waals surface area contributed by atoms with Crippen LogP contribution in [0.15, 0.2) is 11.6 Å². The molecule has 0 amide bonds. The Bertz CT molecular complexity index is 878. The maximum Gasteiger partial charge on any atom is 0.0639 e. The van der Waals surface area contributed by atoms with E-state index in [4.69, 9.17) is 4.74 Å². The predicted molar refractivity (Wildman–Crippen MR) is 143 cm³/mol. The zero-order valence-electron chi connectivity index (χ0n) is 24.0. The van der Waals surface area contributed by atoms with E-state index in [2.05, 4.69) is 61.5 Å². The summed E-state index contributed by atoms with van der Waals surface area (Å²) in [7, 11) is 0. The standard InChI is InChI=1S/C32H54O3/c1-9-35-26-19-27(2,3)18-22-21-10-11-24-29(5)14-13-25(34)30(6,20-33)23(29)12-15-32(24,8)31(21,7)17-16-28(22,26)4/h10,22-26,33-34H,9,11-20H2,1-8H3/t22-,23+,24+,25-,26+,28+,29-,30+,31+,32+/m0/s1. The smallest absolute Gasteiger partial charge is 0.0639 e. The fraction of sp³-hybridized carbons (Fsp3) is 0.938. The van der Waals surface area contributed by atoms with E-state index in [1.165, 1.54) is 38.5 Å². The van der Waals surface area contributed by atoms with Crippen molar-refractivity contribution >= 4 is 0 Å². The van der Waals surface area contributed by atoms with Gasteiger partial charge in [-0.3, -0.25) is 0 Å². The highest BCUT2D eigenvalue weighted by Gasteiger charge is 2.69. The molecule has 3 nitrogen and oxygen atoms in total. The summed E-state index contributed by atoms with van der Waals surface area (Å²) in [4.78, 5) is 0. The quantitative estimate of drug-likeness (QED) is 0.416. The van der Waals surface area contributed by atoms with Crippen molar-refractivity contribution in [2.75, 3.05) is 13.2 Å². The molecule has 0 unspecified atom stereocenters. The summed E-state index contributed by atoms with van der Waals surface area (Å²) >= 11 is 0. The number of fused-ring (bicyclic) bond motifs is 7. The maximum atomic E-state index is 11.0. The average molecular weight is 487 g/mol. The number of ether oxygens (including phenoxy) is 1. The number of aliphatic hydroxyl groups is 2. The molecule has 35 heavy (non-hydrogen) atoms. The van der Waals surface area contributed by atoms with Crippen LogP contribution >= 0.6 is 0 Å². The van der Waals surface area contributed by atoms with Gasteiger partial charge in [0.25, 0.3) is 0 Å². The molecule has 0 heterocycles. The number of aliphatic hydroxyl groups excluding tert-OH is 2. The lowest BCUT2D eigenvalue weighted by molar-refractivity contribution is -0.219. The number of allylic oxidation sites excluding steroid dienone is 2. The molecule has 200 valence electrons. The fourth-order valence-corrected chi connectivity index (χ4v) is 11.1. The third-order valence-corrected chi connectivity index (χ3v) is 13.6. The average Bonchev–Trinajstić information content (AvgIpc) is 2.78. The second-order valence-corrected chi connectivity index (χ2v) is 15.6. The molecule has 0 aromatic rings. The highest BCUT2D eigenvalue weighted by Crippen LogP contribution is 2.75. The molecule has 2 N–H and O–H groups in total. The Kier molecular flexibility index (Phi) is 6.04. The Labute approximate surface area is 215 Å². The van der Waals surface area contributed by atoms with Gasteiger partial charge in [-0.1, -0.05) is 60.1 Å². The monoisotopic (exact) mass is 486 g/mol. The summed E-state index contributed by atoms with van der Waals surface area (Å²) in [6, 6.07) is 0. The van der Waals surface area contributed by atoms with E-state index in [9.17, 15) is 10.2 Å². The Balaban J connectivity index is 1.57. The van der Waals surface area contributed by atoms with E-state index in [0.29, 0.717) is 29.3 Å². The topological polar surface area (TPSA) is 49.7 Å². The van der Waals surface area contributed by atoms with Crippen molar-refractivity contribution < 1.29 is 14.9 Å². The molecule has 0 bridgehead atoms. The van der Waals surface area contributed by atoms with Crippen LogP contribution in [0.4, 0.5) is 0 Å². The molecular formula is C32H54O3. The molecule has 4 saturated carbocycles. The lowest BCUT2D eigenvalue weighted by Gasteiger charge is -2.71. The zero-order valence-corrected chi connectivity index (χ0v) is 24.0. The lowest BCUT2D eigenvalue weighted by atomic mass is 9.33. The van der Waals surface area contributed by atoms with Crippen LogP contribution in [0.2, 0.25) is 0 Å². The summed E-state index contributed by atoms with van der Waals surface area (Å²) in [5.74, 6) is 1.62. The van der Waals surface area contributed by atoms with Gasteiger partial charge in [-0.25, -0.2) is 0 Å². The van der Waals surface area contributed by atoms with E-state index in [-0.39, 0.29) is 39.8 Å². The van der Waals surface area contributed by atoms with Crippen LogP contribution in [0.1, 0.15) is 113 Å². The molecule has 5 aliphatic carbocycles. The summed E-state index contributed by atoms with van der Waals surface area (Å²) < 4.78 is 6.49. The first-order valence-electron chi connectivity index (χ1n) is 14.8. The van der Waals surface area contributed by atoms with Gasteiger partial charge < -0.3 is 14.9 Å². The van der Waals surface area contributed by atoms with Crippen LogP contribution in [0.5, 0.6) is 0 Å². The molecule has 0 radical (unpaired) electrons. The second-order valence-electron chi connectivity index (χ2n) is 15.6. The third-order valence-electron chi connectivity index (χ3n) is 13.6. The van der Waals surface area contributed by atoms with Crippen molar-refractivity contribution in [3.8, 4) is 0 Å². The summed E-state index contributed by atoms with van der Waals surface area (Å²) in [6.45, 7) is 20.5. The van der Waals surface area contributed by atoms with Crippen molar-refractivity contribution in [1.29, 1.82) is 0 Å². The minimum Gasteiger partial charge on any atom is -0.396 e. The molecule has 0 aromatic carbocycles. The molecule has 0 saturated heterocycles. The number of rotatable bonds is 3. The van der Waals surface area contributed by atoms with Crippen LogP contribution < -0.4 is 0 Å². The summed E-state index contributed by atoms with van der Waals surface area (Å²) in [6.07, 6.45) is 13.1. The van der Waals surface area contributed by atoms with Gasteiger partial charge in [0.1, 0.15) is 0 Å². The third kappa shape index (κ3) is 3.32. The summed E-state index contributed by atoms with van der Waals surface area (Å²) in [5, 5.41) is 21.4. The number of hydrogen-bond acceptors (Lipinski definition) is 3. The molecule has 3 heteroatoms. The van der Waals surface area contributed by atoms with E-state index >= 15 is 0 Å². The molecule has 0 spiro atoms. The molecule has 4 fully saturated rings. The van der Waals surface area contributed by atoms with Crippen LogP contribution in [0.25, 0.3) is 0 Å². The highest BCUT2D eigenvalue weighted by molar-refractivity contribution is 5.34. The largest absolute Gasteiger partial charge is 0.396 e. The summed E-state index contributed by atoms with van der Waals surface area (Å²) in [5.41, 5.74) is 2.62.